The van der Waals surface area contributed by atoms with Crippen LogP contribution >= 0.6 is 31.9 Å². The van der Waals surface area contributed by atoms with Gasteiger partial charge in [0.2, 0.25) is 5.91 Å². The molecule has 1 fully saturated rings. The van der Waals surface area contributed by atoms with E-state index in [4.69, 9.17) is 0 Å². The van der Waals surface area contributed by atoms with Crippen LogP contribution in [0.25, 0.3) is 0 Å². The molecule has 6 heteroatoms. The lowest BCUT2D eigenvalue weighted by molar-refractivity contribution is -0.117. The number of hydrogen-bond donors (Lipinski definition) is 0. The van der Waals surface area contributed by atoms with Crippen LogP contribution in [0.5, 0.6) is 0 Å². The fraction of sp³-hybridized carbons (Fsp3) is 0.375. The Morgan fingerprint density at radius 3 is 2.71 bits per heavy atom. The normalized spacial score (nSPS) is 21.7. The predicted molar refractivity (Wildman–Crippen MR) is 59.4 cm³/mol. The summed E-state index contributed by atoms with van der Waals surface area (Å²) in [6.07, 6.45) is 3.70. The largest absolute Gasteiger partial charge is 0.294 e. The van der Waals surface area contributed by atoms with Crippen LogP contribution in [0.2, 0.25) is 0 Å². The van der Waals surface area contributed by atoms with Crippen LogP contribution in [0.15, 0.2) is 17.0 Å². The number of amides is 1. The predicted octanol–water partition coefficient (Wildman–Crippen LogP) is 1.74. The van der Waals surface area contributed by atoms with Crippen molar-refractivity contribution in [2.75, 3.05) is 11.4 Å². The van der Waals surface area contributed by atoms with E-state index in [0.29, 0.717) is 23.4 Å². The molecule has 14 heavy (non-hydrogen) atoms. The molecule has 0 bridgehead atoms. The minimum absolute atomic E-state index is 0.0866. The molecule has 2 rings (SSSR count). The number of nitrogens with zero attached hydrogens (tertiary/aromatic N) is 3. The molecule has 74 valence electrons. The number of anilines is 1. The molecule has 1 aliphatic rings. The summed E-state index contributed by atoms with van der Waals surface area (Å²) in [4.78, 5) is 21.5. The summed E-state index contributed by atoms with van der Waals surface area (Å²) in [5.74, 6) is 0.698. The van der Waals surface area contributed by atoms with Gasteiger partial charge >= 0.3 is 0 Å². The van der Waals surface area contributed by atoms with Crippen molar-refractivity contribution in [1.29, 1.82) is 0 Å². The number of aromatic nitrogens is 2. The zero-order chi connectivity index (χ0) is 10.1. The molecule has 0 aromatic carbocycles. The Kier molecular flexibility index (Phi) is 2.83. The maximum Gasteiger partial charge on any atom is 0.229 e. The lowest BCUT2D eigenvalue weighted by Gasteiger charge is -2.13. The maximum absolute atomic E-state index is 11.5. The van der Waals surface area contributed by atoms with Gasteiger partial charge in [0.05, 0.1) is 12.4 Å². The summed E-state index contributed by atoms with van der Waals surface area (Å²) >= 11 is 6.61. The van der Waals surface area contributed by atoms with Gasteiger partial charge in [-0.3, -0.25) is 9.69 Å². The monoisotopic (exact) mass is 319 g/mol. The highest BCUT2D eigenvalue weighted by molar-refractivity contribution is 9.10. The average Bonchev–Trinajstić information content (AvgIpc) is 2.47. The molecule has 0 N–H and O–H groups in total. The molecule has 1 aromatic heterocycles. The molecule has 1 unspecified atom stereocenters. The smallest absolute Gasteiger partial charge is 0.229 e. The lowest BCUT2D eigenvalue weighted by Crippen LogP contribution is -2.25. The molecule has 1 saturated heterocycles. The van der Waals surface area contributed by atoms with Gasteiger partial charge in [0.1, 0.15) is 4.60 Å². The van der Waals surface area contributed by atoms with E-state index < -0.39 is 0 Å². The van der Waals surface area contributed by atoms with Crippen LogP contribution < -0.4 is 4.90 Å². The molecule has 1 aliphatic heterocycles. The Morgan fingerprint density at radius 2 is 2.21 bits per heavy atom. The van der Waals surface area contributed by atoms with Crippen molar-refractivity contribution in [3.05, 3.63) is 17.0 Å². The summed E-state index contributed by atoms with van der Waals surface area (Å²) in [7, 11) is 0. The van der Waals surface area contributed by atoms with E-state index in [-0.39, 0.29) is 10.7 Å². The molecule has 0 saturated carbocycles. The molecule has 4 nitrogen and oxygen atoms in total. The number of rotatable bonds is 1. The Balaban J connectivity index is 2.23. The van der Waals surface area contributed by atoms with E-state index in [0.717, 1.165) is 0 Å². The first-order valence-corrected chi connectivity index (χ1v) is 5.79. The van der Waals surface area contributed by atoms with Crippen LogP contribution in [-0.4, -0.2) is 27.2 Å². The van der Waals surface area contributed by atoms with Gasteiger partial charge in [-0.2, -0.15) is 0 Å². The minimum atomic E-state index is 0.0866. The molecule has 1 aromatic rings. The molecule has 1 atom stereocenters. The van der Waals surface area contributed by atoms with Gasteiger partial charge in [0.25, 0.3) is 0 Å². The summed E-state index contributed by atoms with van der Waals surface area (Å²) in [5.41, 5.74) is 0. The van der Waals surface area contributed by atoms with E-state index in [1.807, 2.05) is 0 Å². The Hall–Kier alpha value is -0.490. The quantitative estimate of drug-likeness (QED) is 0.740. The summed E-state index contributed by atoms with van der Waals surface area (Å²) < 4.78 is 0.670. The van der Waals surface area contributed by atoms with Gasteiger partial charge in [0.15, 0.2) is 5.82 Å². The summed E-state index contributed by atoms with van der Waals surface area (Å²) in [6, 6.07) is 0. The van der Waals surface area contributed by atoms with Gasteiger partial charge in [-0.25, -0.2) is 9.97 Å². The molecule has 0 aliphatic carbocycles. The first-order valence-electron chi connectivity index (χ1n) is 4.09. The van der Waals surface area contributed by atoms with Crippen LogP contribution in [0.3, 0.4) is 0 Å². The van der Waals surface area contributed by atoms with Crippen molar-refractivity contribution < 1.29 is 4.79 Å². The summed E-state index contributed by atoms with van der Waals surface area (Å²) in [5, 5.41) is 0. The Morgan fingerprint density at radius 1 is 1.43 bits per heavy atom. The van der Waals surface area contributed by atoms with Crippen LogP contribution in [-0.2, 0) is 4.79 Å². The molecule has 1 amide bonds. The molecular weight excluding hydrogens is 314 g/mol. The van der Waals surface area contributed by atoms with Gasteiger partial charge < -0.3 is 0 Å². The second-order valence-corrected chi connectivity index (χ2v) is 5.11. The van der Waals surface area contributed by atoms with E-state index in [1.165, 1.54) is 0 Å². The molecule has 0 radical (unpaired) electrons. The maximum atomic E-state index is 11.5. The Bertz CT molecular complexity index is 354. The molecule has 2 heterocycles. The third kappa shape index (κ3) is 1.95. The van der Waals surface area contributed by atoms with Gasteiger partial charge in [-0.1, -0.05) is 15.9 Å². The second kappa shape index (κ2) is 3.94. The van der Waals surface area contributed by atoms with E-state index in [2.05, 4.69) is 41.8 Å². The molecular formula is C8H7Br2N3O. The fourth-order valence-electron chi connectivity index (χ4n) is 1.33. The van der Waals surface area contributed by atoms with E-state index in [9.17, 15) is 4.79 Å². The van der Waals surface area contributed by atoms with E-state index >= 15 is 0 Å². The highest BCUT2D eigenvalue weighted by Crippen LogP contribution is 2.23. The third-order valence-electron chi connectivity index (χ3n) is 1.96. The number of halogens is 2. The van der Waals surface area contributed by atoms with Crippen molar-refractivity contribution in [3.63, 3.8) is 0 Å². The zero-order valence-electron chi connectivity index (χ0n) is 7.15. The average molecular weight is 321 g/mol. The van der Waals surface area contributed by atoms with Crippen molar-refractivity contribution in [1.82, 2.24) is 9.97 Å². The third-order valence-corrected chi connectivity index (χ3v) is 2.98. The minimum Gasteiger partial charge on any atom is -0.294 e. The van der Waals surface area contributed by atoms with E-state index in [1.54, 1.807) is 17.3 Å². The van der Waals surface area contributed by atoms with Crippen molar-refractivity contribution in [3.8, 4) is 0 Å². The van der Waals surface area contributed by atoms with Crippen molar-refractivity contribution in [2.24, 2.45) is 0 Å². The fourth-order valence-corrected chi connectivity index (χ4v) is 2.10. The first-order chi connectivity index (χ1) is 6.66. The van der Waals surface area contributed by atoms with Gasteiger partial charge in [-0.05, 0) is 15.9 Å². The standard InChI is InChI=1S/C8H7Br2N3O/c9-5-1-8(14)13(4-5)7-3-11-6(10)2-12-7/h2-3,5H,1,4H2. The highest BCUT2D eigenvalue weighted by Gasteiger charge is 2.29. The lowest BCUT2D eigenvalue weighted by atomic mass is 10.4. The Labute approximate surface area is 98.0 Å². The van der Waals surface area contributed by atoms with Crippen molar-refractivity contribution >= 4 is 43.6 Å². The summed E-state index contributed by atoms with van der Waals surface area (Å²) in [6.45, 7) is 0.662. The number of carbonyl (C=O) groups excluding carboxylic acids is 1. The topological polar surface area (TPSA) is 46.1 Å². The van der Waals surface area contributed by atoms with Crippen LogP contribution in [0, 0.1) is 0 Å². The molecule has 0 spiro atoms. The van der Waals surface area contributed by atoms with Gasteiger partial charge in [-0.15, -0.1) is 0 Å². The van der Waals surface area contributed by atoms with Crippen molar-refractivity contribution in [2.45, 2.75) is 11.2 Å². The zero-order valence-corrected chi connectivity index (χ0v) is 10.3. The number of carbonyl (C=O) groups is 1. The van der Waals surface area contributed by atoms with Crippen LogP contribution in [0.1, 0.15) is 6.42 Å². The number of hydrogen-bond acceptors (Lipinski definition) is 3. The number of alkyl halides is 1. The highest BCUT2D eigenvalue weighted by atomic mass is 79.9. The first kappa shape index (κ1) is 10.0. The van der Waals surface area contributed by atoms with Gasteiger partial charge in [0, 0.05) is 17.8 Å². The second-order valence-electron chi connectivity index (χ2n) is 3.00. The van der Waals surface area contributed by atoms with Crippen LogP contribution in [0.4, 0.5) is 5.82 Å². The SMILES string of the molecule is O=C1CC(Br)CN1c1cnc(Br)cn1.